The molecule has 2 aromatic heterocycles. The Bertz CT molecular complexity index is 833. The van der Waals surface area contributed by atoms with Gasteiger partial charge in [-0.2, -0.15) is 0 Å². The van der Waals surface area contributed by atoms with E-state index in [2.05, 4.69) is 45.6 Å². The zero-order valence-corrected chi connectivity index (χ0v) is 14.4. The molecule has 0 saturated heterocycles. The fraction of sp³-hybridized carbons (Fsp3) is 0.158. The first kappa shape index (κ1) is 16.3. The van der Waals surface area contributed by atoms with Gasteiger partial charge in [-0.25, -0.2) is 0 Å². The van der Waals surface area contributed by atoms with Crippen molar-refractivity contribution in [1.82, 2.24) is 14.8 Å². The Morgan fingerprint density at radius 3 is 2.75 bits per heavy atom. The van der Waals surface area contributed by atoms with E-state index in [0.29, 0.717) is 6.54 Å². The van der Waals surface area contributed by atoms with Gasteiger partial charge in [0.25, 0.3) is 0 Å². The van der Waals surface area contributed by atoms with E-state index in [1.54, 1.807) is 18.0 Å². The summed E-state index contributed by atoms with van der Waals surface area (Å²) in [6.07, 6.45) is 7.78. The summed E-state index contributed by atoms with van der Waals surface area (Å²) in [5.74, 6) is 2.48. The first-order chi connectivity index (χ1) is 11.8. The molecule has 0 saturated carbocycles. The fourth-order valence-electron chi connectivity index (χ4n) is 2.38. The van der Waals surface area contributed by atoms with Crippen LogP contribution in [0.1, 0.15) is 11.3 Å². The lowest BCUT2D eigenvalue weighted by molar-refractivity contribution is 0.534. The van der Waals surface area contributed by atoms with Gasteiger partial charge in [0.15, 0.2) is 11.0 Å². The van der Waals surface area contributed by atoms with Gasteiger partial charge >= 0.3 is 0 Å². The molecular formula is C19H19N3OS. The monoisotopic (exact) mass is 337 g/mol. The number of rotatable bonds is 7. The molecule has 4 nitrogen and oxygen atoms in total. The number of hydrogen-bond donors (Lipinski definition) is 0. The number of benzene rings is 1. The molecule has 0 unspecified atom stereocenters. The molecule has 0 bridgehead atoms. The highest BCUT2D eigenvalue weighted by atomic mass is 32.2. The number of aromatic nitrogens is 3. The predicted octanol–water partition coefficient (Wildman–Crippen LogP) is 4.84. The third kappa shape index (κ3) is 3.68. The number of allylic oxidation sites excluding steroid dienone is 1. The van der Waals surface area contributed by atoms with Crippen LogP contribution in [0.2, 0.25) is 0 Å². The van der Waals surface area contributed by atoms with Gasteiger partial charge in [-0.3, -0.25) is 4.57 Å². The lowest BCUT2D eigenvalue weighted by atomic mass is 10.2. The first-order valence-electron chi connectivity index (χ1n) is 7.72. The Labute approximate surface area is 145 Å². The third-order valence-electron chi connectivity index (χ3n) is 3.55. The maximum atomic E-state index is 5.38. The molecule has 24 heavy (non-hydrogen) atoms. The maximum Gasteiger partial charge on any atom is 0.192 e. The van der Waals surface area contributed by atoms with Crippen LogP contribution in [0.5, 0.6) is 0 Å². The van der Waals surface area contributed by atoms with Crippen LogP contribution in [0.4, 0.5) is 0 Å². The van der Waals surface area contributed by atoms with Gasteiger partial charge < -0.3 is 4.42 Å². The topological polar surface area (TPSA) is 43.9 Å². The molecule has 3 rings (SSSR count). The molecule has 0 atom stereocenters. The highest BCUT2D eigenvalue weighted by molar-refractivity contribution is 7.99. The van der Waals surface area contributed by atoms with Crippen molar-refractivity contribution in [2.45, 2.75) is 18.6 Å². The predicted molar refractivity (Wildman–Crippen MR) is 98.9 cm³/mol. The van der Waals surface area contributed by atoms with Crippen molar-refractivity contribution >= 4 is 17.8 Å². The van der Waals surface area contributed by atoms with Gasteiger partial charge in [0.2, 0.25) is 0 Å². The van der Waals surface area contributed by atoms with Crippen molar-refractivity contribution in [3.63, 3.8) is 0 Å². The molecule has 3 aromatic rings. The molecule has 0 spiro atoms. The highest BCUT2D eigenvalue weighted by Gasteiger charge is 2.16. The van der Waals surface area contributed by atoms with Gasteiger partial charge in [0, 0.05) is 12.3 Å². The van der Waals surface area contributed by atoms with Gasteiger partial charge in [0.1, 0.15) is 5.76 Å². The van der Waals surface area contributed by atoms with Crippen LogP contribution >= 0.6 is 11.8 Å². The summed E-state index contributed by atoms with van der Waals surface area (Å²) in [4.78, 5) is 0. The van der Waals surface area contributed by atoms with E-state index in [1.165, 1.54) is 5.56 Å². The maximum absolute atomic E-state index is 5.38. The smallest absolute Gasteiger partial charge is 0.192 e. The molecule has 5 heteroatoms. The fourth-order valence-corrected chi connectivity index (χ4v) is 3.13. The number of hydrogen-bond acceptors (Lipinski definition) is 4. The second-order valence-electron chi connectivity index (χ2n) is 5.22. The summed E-state index contributed by atoms with van der Waals surface area (Å²) >= 11 is 1.65. The largest absolute Gasteiger partial charge is 0.469 e. The zero-order valence-electron chi connectivity index (χ0n) is 13.6. The SMILES string of the molecule is C=CCn1c(SCC=Cc2ccccc2)nnc1-c1ccoc1C. The van der Waals surface area contributed by atoms with Crippen molar-refractivity contribution in [1.29, 1.82) is 0 Å². The quantitative estimate of drug-likeness (QED) is 0.457. The number of thioether (sulfide) groups is 1. The summed E-state index contributed by atoms with van der Waals surface area (Å²) in [6, 6.07) is 12.2. The minimum absolute atomic E-state index is 0.664. The summed E-state index contributed by atoms with van der Waals surface area (Å²) in [5, 5.41) is 9.54. The van der Waals surface area contributed by atoms with Crippen LogP contribution in [-0.4, -0.2) is 20.5 Å². The summed E-state index contributed by atoms with van der Waals surface area (Å²) in [6.45, 7) is 6.43. The molecule has 0 fully saturated rings. The average molecular weight is 337 g/mol. The molecule has 0 aliphatic heterocycles. The molecule has 1 aromatic carbocycles. The van der Waals surface area contributed by atoms with Crippen LogP contribution < -0.4 is 0 Å². The standard InChI is InChI=1S/C19H19N3OS/c1-3-12-22-18(17-11-13-23-15(17)2)20-21-19(22)24-14-7-10-16-8-5-4-6-9-16/h3-11,13H,1,12,14H2,2H3. The minimum Gasteiger partial charge on any atom is -0.469 e. The van der Waals surface area contributed by atoms with Crippen LogP contribution in [0.25, 0.3) is 17.5 Å². The summed E-state index contributed by atoms with van der Waals surface area (Å²) < 4.78 is 7.45. The average Bonchev–Trinajstić information content (AvgIpc) is 3.19. The van der Waals surface area contributed by atoms with Gasteiger partial charge in [-0.05, 0) is 18.6 Å². The molecule has 0 aliphatic carbocycles. The van der Waals surface area contributed by atoms with Crippen LogP contribution in [0.15, 0.2) is 71.0 Å². The van der Waals surface area contributed by atoms with Crippen molar-refractivity contribution in [2.24, 2.45) is 0 Å². The van der Waals surface area contributed by atoms with E-state index in [1.807, 2.05) is 37.3 Å². The second kappa shape index (κ2) is 7.84. The Balaban J connectivity index is 1.74. The molecule has 0 N–H and O–H groups in total. The van der Waals surface area contributed by atoms with E-state index in [-0.39, 0.29) is 0 Å². The van der Waals surface area contributed by atoms with Crippen LogP contribution in [0, 0.1) is 6.92 Å². The number of aryl methyl sites for hydroxylation is 1. The Hall–Kier alpha value is -2.53. The number of nitrogens with zero attached hydrogens (tertiary/aromatic N) is 3. The summed E-state index contributed by atoms with van der Waals surface area (Å²) in [5.41, 5.74) is 2.16. The third-order valence-corrected chi connectivity index (χ3v) is 4.47. The van der Waals surface area contributed by atoms with Crippen molar-refractivity contribution < 1.29 is 4.42 Å². The van der Waals surface area contributed by atoms with E-state index in [9.17, 15) is 0 Å². The molecule has 122 valence electrons. The molecule has 0 radical (unpaired) electrons. The van der Waals surface area contributed by atoms with E-state index in [0.717, 1.165) is 28.1 Å². The van der Waals surface area contributed by atoms with Gasteiger partial charge in [-0.15, -0.1) is 16.8 Å². The Kier molecular flexibility index (Phi) is 5.33. The first-order valence-corrected chi connectivity index (χ1v) is 8.71. The van der Waals surface area contributed by atoms with Crippen LogP contribution in [0.3, 0.4) is 0 Å². The van der Waals surface area contributed by atoms with Gasteiger partial charge in [0.05, 0.1) is 11.8 Å². The Morgan fingerprint density at radius 1 is 1.21 bits per heavy atom. The van der Waals surface area contributed by atoms with Crippen molar-refractivity contribution in [3.8, 4) is 11.4 Å². The Morgan fingerprint density at radius 2 is 2.04 bits per heavy atom. The zero-order chi connectivity index (χ0) is 16.8. The van der Waals surface area contributed by atoms with Crippen molar-refractivity contribution in [3.05, 3.63) is 72.7 Å². The lowest BCUT2D eigenvalue weighted by Crippen LogP contribution is -2.00. The number of furan rings is 1. The normalized spacial score (nSPS) is 11.2. The summed E-state index contributed by atoms with van der Waals surface area (Å²) in [7, 11) is 0. The molecule has 2 heterocycles. The van der Waals surface area contributed by atoms with Crippen molar-refractivity contribution in [2.75, 3.05) is 5.75 Å². The molecule has 0 amide bonds. The van der Waals surface area contributed by atoms with E-state index < -0.39 is 0 Å². The second-order valence-corrected chi connectivity index (χ2v) is 6.21. The molecular weight excluding hydrogens is 318 g/mol. The van der Waals surface area contributed by atoms with E-state index in [4.69, 9.17) is 4.42 Å². The molecule has 0 aliphatic rings. The van der Waals surface area contributed by atoms with E-state index >= 15 is 0 Å². The minimum atomic E-state index is 0.664. The lowest BCUT2D eigenvalue weighted by Gasteiger charge is -2.06. The highest BCUT2D eigenvalue weighted by Crippen LogP contribution is 2.27. The van der Waals surface area contributed by atoms with Crippen LogP contribution in [-0.2, 0) is 6.54 Å². The van der Waals surface area contributed by atoms with Gasteiger partial charge in [-0.1, -0.05) is 60.3 Å².